The van der Waals surface area contributed by atoms with Gasteiger partial charge in [-0.15, -0.1) is 0 Å². The van der Waals surface area contributed by atoms with Crippen molar-refractivity contribution in [2.24, 2.45) is 0 Å². The van der Waals surface area contributed by atoms with Gasteiger partial charge in [-0.05, 0) is 26.8 Å². The van der Waals surface area contributed by atoms with Crippen LogP contribution in [0.25, 0.3) is 0 Å². The van der Waals surface area contributed by atoms with E-state index in [2.05, 4.69) is 29.1 Å². The Balaban J connectivity index is 1.75. The first-order valence-electron chi connectivity index (χ1n) is 6.87. The second kappa shape index (κ2) is 5.99. The number of likely N-dealkylation sites (tertiary alicyclic amines) is 1. The van der Waals surface area contributed by atoms with Crippen LogP contribution < -0.4 is 5.32 Å². The number of hydrogen-bond acceptors (Lipinski definition) is 4. The lowest BCUT2D eigenvalue weighted by Crippen LogP contribution is -2.55. The molecule has 0 unspecified atom stereocenters. The molecule has 0 bridgehead atoms. The summed E-state index contributed by atoms with van der Waals surface area (Å²) in [5.74, 6) is 0.156. The van der Waals surface area contributed by atoms with E-state index in [0.717, 1.165) is 52.2 Å². The second-order valence-corrected chi connectivity index (χ2v) is 5.80. The molecule has 2 aliphatic heterocycles. The quantitative estimate of drug-likeness (QED) is 0.766. The molecule has 0 aromatic heterocycles. The van der Waals surface area contributed by atoms with Gasteiger partial charge in [-0.2, -0.15) is 0 Å². The SMILES string of the molecule is CN1CCC(C)(NC(=O)CN2CCOCC2)CC1. The fourth-order valence-electron chi connectivity index (χ4n) is 2.58. The van der Waals surface area contributed by atoms with Crippen LogP contribution >= 0.6 is 0 Å². The summed E-state index contributed by atoms with van der Waals surface area (Å²) < 4.78 is 5.28. The Morgan fingerprint density at radius 3 is 2.44 bits per heavy atom. The number of carbonyl (C=O) groups is 1. The fourth-order valence-corrected chi connectivity index (χ4v) is 2.58. The molecule has 2 heterocycles. The molecule has 5 heteroatoms. The predicted octanol–water partition coefficient (Wildman–Crippen LogP) is -0.0809. The van der Waals surface area contributed by atoms with E-state index < -0.39 is 0 Å². The Bertz CT molecular complexity index is 282. The van der Waals surface area contributed by atoms with E-state index >= 15 is 0 Å². The molecule has 0 atom stereocenters. The summed E-state index contributed by atoms with van der Waals surface area (Å²) in [6, 6.07) is 0. The number of morpholine rings is 1. The van der Waals surface area contributed by atoms with Crippen molar-refractivity contribution in [2.75, 3.05) is 53.0 Å². The molecule has 2 aliphatic rings. The Labute approximate surface area is 109 Å². The summed E-state index contributed by atoms with van der Waals surface area (Å²) in [6.07, 6.45) is 2.08. The first-order chi connectivity index (χ1) is 8.57. The van der Waals surface area contributed by atoms with Crippen LogP contribution in [-0.4, -0.2) is 74.2 Å². The van der Waals surface area contributed by atoms with Crippen molar-refractivity contribution in [1.82, 2.24) is 15.1 Å². The van der Waals surface area contributed by atoms with Crippen LogP contribution in [0.15, 0.2) is 0 Å². The minimum atomic E-state index is -0.0180. The van der Waals surface area contributed by atoms with Crippen LogP contribution in [0.3, 0.4) is 0 Å². The van der Waals surface area contributed by atoms with Crippen molar-refractivity contribution < 1.29 is 9.53 Å². The molecule has 0 saturated carbocycles. The zero-order chi connectivity index (χ0) is 13.0. The Morgan fingerprint density at radius 1 is 1.22 bits per heavy atom. The van der Waals surface area contributed by atoms with Gasteiger partial charge in [0.15, 0.2) is 0 Å². The number of hydrogen-bond donors (Lipinski definition) is 1. The maximum Gasteiger partial charge on any atom is 0.234 e. The van der Waals surface area contributed by atoms with E-state index in [9.17, 15) is 4.79 Å². The fraction of sp³-hybridized carbons (Fsp3) is 0.923. The Hall–Kier alpha value is -0.650. The van der Waals surface area contributed by atoms with E-state index in [4.69, 9.17) is 4.74 Å². The monoisotopic (exact) mass is 255 g/mol. The van der Waals surface area contributed by atoms with Gasteiger partial charge >= 0.3 is 0 Å². The van der Waals surface area contributed by atoms with Crippen LogP contribution in [0, 0.1) is 0 Å². The molecule has 0 aromatic rings. The molecule has 0 radical (unpaired) electrons. The van der Waals surface area contributed by atoms with Crippen molar-refractivity contribution in [2.45, 2.75) is 25.3 Å². The lowest BCUT2D eigenvalue weighted by Gasteiger charge is -2.39. The molecule has 104 valence electrons. The lowest BCUT2D eigenvalue weighted by atomic mass is 9.90. The van der Waals surface area contributed by atoms with Crippen LogP contribution in [0.4, 0.5) is 0 Å². The normalized spacial score (nSPS) is 25.9. The molecule has 2 fully saturated rings. The molecular formula is C13H25N3O2. The molecule has 0 aliphatic carbocycles. The molecule has 5 nitrogen and oxygen atoms in total. The van der Waals surface area contributed by atoms with Crippen molar-refractivity contribution in [3.05, 3.63) is 0 Å². The molecule has 2 saturated heterocycles. The average molecular weight is 255 g/mol. The smallest absolute Gasteiger partial charge is 0.234 e. The third kappa shape index (κ3) is 3.93. The highest BCUT2D eigenvalue weighted by atomic mass is 16.5. The lowest BCUT2D eigenvalue weighted by molar-refractivity contribution is -0.125. The van der Waals surface area contributed by atoms with E-state index in [1.54, 1.807) is 0 Å². The van der Waals surface area contributed by atoms with Crippen LogP contribution in [0.5, 0.6) is 0 Å². The summed E-state index contributed by atoms with van der Waals surface area (Å²) >= 11 is 0. The molecule has 1 amide bonds. The summed E-state index contributed by atoms with van der Waals surface area (Å²) in [4.78, 5) is 16.5. The van der Waals surface area contributed by atoms with Crippen LogP contribution in [0.1, 0.15) is 19.8 Å². The first-order valence-corrected chi connectivity index (χ1v) is 6.87. The van der Waals surface area contributed by atoms with Crippen LogP contribution in [0.2, 0.25) is 0 Å². The van der Waals surface area contributed by atoms with Crippen molar-refractivity contribution in [3.63, 3.8) is 0 Å². The van der Waals surface area contributed by atoms with Crippen molar-refractivity contribution >= 4 is 5.91 Å². The number of amides is 1. The molecule has 2 rings (SSSR count). The zero-order valence-electron chi connectivity index (χ0n) is 11.6. The number of ether oxygens (including phenoxy) is 1. The van der Waals surface area contributed by atoms with Crippen molar-refractivity contribution in [3.8, 4) is 0 Å². The summed E-state index contributed by atoms with van der Waals surface area (Å²) in [5, 5.41) is 3.22. The topological polar surface area (TPSA) is 44.8 Å². The standard InChI is InChI=1S/C13H25N3O2/c1-13(3-5-15(2)6-4-13)14-12(17)11-16-7-9-18-10-8-16/h3-11H2,1-2H3,(H,14,17). The van der Waals surface area contributed by atoms with Crippen LogP contribution in [-0.2, 0) is 9.53 Å². The number of nitrogens with zero attached hydrogens (tertiary/aromatic N) is 2. The molecule has 0 spiro atoms. The second-order valence-electron chi connectivity index (χ2n) is 5.80. The average Bonchev–Trinajstić information content (AvgIpc) is 2.34. The number of piperidine rings is 1. The van der Waals surface area contributed by atoms with Gasteiger partial charge in [-0.3, -0.25) is 9.69 Å². The summed E-state index contributed by atoms with van der Waals surface area (Å²) in [5.41, 5.74) is -0.0180. The zero-order valence-corrected chi connectivity index (χ0v) is 11.6. The van der Waals surface area contributed by atoms with Gasteiger partial charge in [0.25, 0.3) is 0 Å². The maximum absolute atomic E-state index is 12.1. The minimum Gasteiger partial charge on any atom is -0.379 e. The summed E-state index contributed by atoms with van der Waals surface area (Å²) in [7, 11) is 2.13. The van der Waals surface area contributed by atoms with Gasteiger partial charge in [0.05, 0.1) is 19.8 Å². The highest BCUT2D eigenvalue weighted by molar-refractivity contribution is 5.78. The van der Waals surface area contributed by atoms with E-state index in [0.29, 0.717) is 6.54 Å². The van der Waals surface area contributed by atoms with E-state index in [-0.39, 0.29) is 11.4 Å². The van der Waals surface area contributed by atoms with Gasteiger partial charge < -0.3 is 15.0 Å². The largest absolute Gasteiger partial charge is 0.379 e. The van der Waals surface area contributed by atoms with E-state index in [1.165, 1.54) is 0 Å². The van der Waals surface area contributed by atoms with Gasteiger partial charge in [-0.1, -0.05) is 0 Å². The third-order valence-electron chi connectivity index (χ3n) is 4.00. The third-order valence-corrected chi connectivity index (χ3v) is 4.00. The van der Waals surface area contributed by atoms with E-state index in [1.807, 2.05) is 0 Å². The molecule has 18 heavy (non-hydrogen) atoms. The highest BCUT2D eigenvalue weighted by Crippen LogP contribution is 2.20. The maximum atomic E-state index is 12.1. The van der Waals surface area contributed by atoms with Gasteiger partial charge in [0.1, 0.15) is 0 Å². The first kappa shape index (κ1) is 13.8. The molecular weight excluding hydrogens is 230 g/mol. The predicted molar refractivity (Wildman–Crippen MR) is 70.5 cm³/mol. The number of carbonyl (C=O) groups excluding carboxylic acids is 1. The van der Waals surface area contributed by atoms with Gasteiger partial charge in [-0.25, -0.2) is 0 Å². The molecule has 1 N–H and O–H groups in total. The number of nitrogens with one attached hydrogen (secondary N) is 1. The van der Waals surface area contributed by atoms with Gasteiger partial charge in [0, 0.05) is 31.7 Å². The molecule has 0 aromatic carbocycles. The Morgan fingerprint density at radius 2 is 1.83 bits per heavy atom. The van der Waals surface area contributed by atoms with Gasteiger partial charge in [0.2, 0.25) is 5.91 Å². The highest BCUT2D eigenvalue weighted by Gasteiger charge is 2.30. The summed E-state index contributed by atoms with van der Waals surface area (Å²) in [6.45, 7) is 8.03. The van der Waals surface area contributed by atoms with Crippen molar-refractivity contribution in [1.29, 1.82) is 0 Å². The number of rotatable bonds is 3. The minimum absolute atomic E-state index is 0.0180. The Kier molecular flexibility index (Phi) is 4.59.